The smallest absolute Gasteiger partial charge is 0.246 e. The summed E-state index contributed by atoms with van der Waals surface area (Å²) in [5.41, 5.74) is 2.36. The van der Waals surface area contributed by atoms with Crippen molar-refractivity contribution >= 4 is 17.8 Å². The maximum absolute atomic E-state index is 11.7. The number of hydrogen-bond donors (Lipinski definition) is 2. The second-order valence-corrected chi connectivity index (χ2v) is 10.0. The Morgan fingerprint density at radius 2 is 1.78 bits per heavy atom. The molecule has 2 aliphatic heterocycles. The fourth-order valence-corrected chi connectivity index (χ4v) is 5.13. The van der Waals surface area contributed by atoms with Gasteiger partial charge in [0.2, 0.25) is 5.91 Å². The Bertz CT molecular complexity index is 1020. The molecule has 3 heterocycles. The highest BCUT2D eigenvalue weighted by Gasteiger charge is 2.49. The highest BCUT2D eigenvalue weighted by atomic mass is 16.3. The Balaban J connectivity index is 1.48. The SMILES string of the molecule is CN(C)C(=O)/C=C/c1ccc(-c2ccc(N(C)C3C[C@]4(C)CC[C@](C)(C3)N4)nn2)c(O)c1. The molecule has 7 heteroatoms. The first-order valence-electron chi connectivity index (χ1n) is 11.2. The lowest BCUT2D eigenvalue weighted by molar-refractivity contribution is -0.123. The van der Waals surface area contributed by atoms with E-state index in [2.05, 4.69) is 41.3 Å². The van der Waals surface area contributed by atoms with E-state index in [9.17, 15) is 9.90 Å². The van der Waals surface area contributed by atoms with Crippen molar-refractivity contribution in [3.63, 3.8) is 0 Å². The number of phenols is 1. The molecule has 4 rings (SSSR count). The van der Waals surface area contributed by atoms with Gasteiger partial charge in [-0.25, -0.2) is 0 Å². The van der Waals surface area contributed by atoms with Crippen LogP contribution in [0.15, 0.2) is 36.4 Å². The zero-order chi connectivity index (χ0) is 23.1. The van der Waals surface area contributed by atoms with Crippen LogP contribution in [-0.2, 0) is 4.79 Å². The molecule has 2 fully saturated rings. The third kappa shape index (κ3) is 4.48. The van der Waals surface area contributed by atoms with Gasteiger partial charge in [-0.3, -0.25) is 4.79 Å². The molecule has 0 saturated carbocycles. The molecule has 1 aromatic carbocycles. The molecular formula is C25H33N5O2. The predicted octanol–water partition coefficient (Wildman–Crippen LogP) is 3.45. The van der Waals surface area contributed by atoms with E-state index < -0.39 is 0 Å². The van der Waals surface area contributed by atoms with Gasteiger partial charge >= 0.3 is 0 Å². The van der Waals surface area contributed by atoms with Gasteiger partial charge in [0.25, 0.3) is 0 Å². The van der Waals surface area contributed by atoms with Crippen LogP contribution in [0.4, 0.5) is 5.82 Å². The Kier molecular flexibility index (Phi) is 5.71. The first-order chi connectivity index (χ1) is 15.1. The standard InChI is InChI=1S/C25H33N5O2/c1-24-12-13-25(2,28-24)16-18(15-24)30(5)22-10-9-20(26-27-22)19-8-6-17(14-21(19)31)7-11-23(32)29(3)4/h6-11,14,18,28,31H,12-13,15-16H2,1-5H3/b11-7+/t18?,24-,25+. The van der Waals surface area contributed by atoms with Gasteiger partial charge in [-0.1, -0.05) is 6.07 Å². The van der Waals surface area contributed by atoms with Gasteiger partial charge in [0.1, 0.15) is 5.75 Å². The van der Waals surface area contributed by atoms with E-state index >= 15 is 0 Å². The molecule has 1 amide bonds. The summed E-state index contributed by atoms with van der Waals surface area (Å²) < 4.78 is 0. The molecule has 2 aromatic rings. The first-order valence-corrected chi connectivity index (χ1v) is 11.2. The summed E-state index contributed by atoms with van der Waals surface area (Å²) in [4.78, 5) is 15.5. The quantitative estimate of drug-likeness (QED) is 0.700. The minimum atomic E-state index is -0.108. The number of nitrogens with one attached hydrogen (secondary N) is 1. The number of hydrogen-bond acceptors (Lipinski definition) is 6. The highest BCUT2D eigenvalue weighted by Crippen LogP contribution is 2.43. The van der Waals surface area contributed by atoms with Crippen molar-refractivity contribution in [1.82, 2.24) is 20.4 Å². The van der Waals surface area contributed by atoms with Crippen LogP contribution in [0.5, 0.6) is 5.75 Å². The lowest BCUT2D eigenvalue weighted by Crippen LogP contribution is -2.58. The number of fused-ring (bicyclic) bond motifs is 2. The van der Waals surface area contributed by atoms with E-state index in [0.29, 0.717) is 17.3 Å². The third-order valence-electron chi connectivity index (χ3n) is 6.92. The summed E-state index contributed by atoms with van der Waals surface area (Å²) in [6.45, 7) is 4.65. The van der Waals surface area contributed by atoms with Crippen molar-refractivity contribution in [3.8, 4) is 17.0 Å². The molecule has 3 atom stereocenters. The van der Waals surface area contributed by atoms with Gasteiger partial charge in [-0.15, -0.1) is 10.2 Å². The second kappa shape index (κ2) is 8.20. The summed E-state index contributed by atoms with van der Waals surface area (Å²) >= 11 is 0. The molecule has 0 radical (unpaired) electrons. The van der Waals surface area contributed by atoms with Crippen LogP contribution in [0.25, 0.3) is 17.3 Å². The Morgan fingerprint density at radius 3 is 2.34 bits per heavy atom. The van der Waals surface area contributed by atoms with Crippen LogP contribution in [0.2, 0.25) is 0 Å². The number of benzene rings is 1. The number of likely N-dealkylation sites (N-methyl/N-ethyl adjacent to an activating group) is 1. The minimum Gasteiger partial charge on any atom is -0.507 e. The maximum Gasteiger partial charge on any atom is 0.246 e. The van der Waals surface area contributed by atoms with Gasteiger partial charge in [0, 0.05) is 49.9 Å². The van der Waals surface area contributed by atoms with Crippen LogP contribution >= 0.6 is 0 Å². The fourth-order valence-electron chi connectivity index (χ4n) is 5.13. The fraction of sp³-hybridized carbons (Fsp3) is 0.480. The lowest BCUT2D eigenvalue weighted by Gasteiger charge is -2.45. The van der Waals surface area contributed by atoms with Crippen molar-refractivity contribution in [1.29, 1.82) is 0 Å². The number of phenolic OH excluding ortho intramolecular Hbond substituents is 1. The molecule has 32 heavy (non-hydrogen) atoms. The van der Waals surface area contributed by atoms with Crippen LogP contribution in [0.3, 0.4) is 0 Å². The predicted molar refractivity (Wildman–Crippen MR) is 127 cm³/mol. The van der Waals surface area contributed by atoms with E-state index in [1.54, 1.807) is 32.3 Å². The average molecular weight is 436 g/mol. The van der Waals surface area contributed by atoms with Crippen molar-refractivity contribution in [2.75, 3.05) is 26.0 Å². The Morgan fingerprint density at radius 1 is 1.09 bits per heavy atom. The molecule has 2 N–H and O–H groups in total. The number of aromatic hydroxyl groups is 1. The third-order valence-corrected chi connectivity index (χ3v) is 6.92. The van der Waals surface area contributed by atoms with Crippen molar-refractivity contribution in [2.45, 2.75) is 56.7 Å². The lowest BCUT2D eigenvalue weighted by atomic mass is 9.84. The monoisotopic (exact) mass is 435 g/mol. The average Bonchev–Trinajstić information content (AvgIpc) is 2.98. The molecule has 170 valence electrons. The first kappa shape index (κ1) is 22.3. The van der Waals surface area contributed by atoms with Crippen molar-refractivity contribution < 1.29 is 9.90 Å². The molecule has 1 aromatic heterocycles. The van der Waals surface area contributed by atoms with Gasteiger partial charge in [0.05, 0.1) is 5.69 Å². The zero-order valence-corrected chi connectivity index (χ0v) is 19.6. The number of anilines is 1. The van der Waals surface area contributed by atoms with Crippen molar-refractivity contribution in [3.05, 3.63) is 42.0 Å². The van der Waals surface area contributed by atoms with E-state index in [4.69, 9.17) is 0 Å². The normalized spacial score (nSPS) is 27.0. The van der Waals surface area contributed by atoms with Crippen LogP contribution < -0.4 is 10.2 Å². The van der Waals surface area contributed by atoms with E-state index in [-0.39, 0.29) is 22.7 Å². The molecule has 2 bridgehead atoms. The molecule has 1 unspecified atom stereocenters. The summed E-state index contributed by atoms with van der Waals surface area (Å²) in [5.74, 6) is 0.841. The number of rotatable bonds is 5. The molecular weight excluding hydrogens is 402 g/mol. The number of nitrogens with zero attached hydrogens (tertiary/aromatic N) is 4. The zero-order valence-electron chi connectivity index (χ0n) is 19.6. The maximum atomic E-state index is 11.7. The molecule has 0 aliphatic carbocycles. The van der Waals surface area contributed by atoms with Gasteiger partial charge < -0.3 is 20.2 Å². The molecule has 2 saturated heterocycles. The van der Waals surface area contributed by atoms with Gasteiger partial charge in [-0.05, 0) is 75.4 Å². The number of carbonyl (C=O) groups is 1. The Hall–Kier alpha value is -2.93. The summed E-state index contributed by atoms with van der Waals surface area (Å²) in [7, 11) is 5.49. The van der Waals surface area contributed by atoms with Crippen LogP contribution in [0.1, 0.15) is 45.1 Å². The van der Waals surface area contributed by atoms with E-state index in [1.165, 1.54) is 23.8 Å². The van der Waals surface area contributed by atoms with Gasteiger partial charge in [0.15, 0.2) is 5.82 Å². The second-order valence-electron chi connectivity index (χ2n) is 10.0. The molecule has 0 spiro atoms. The number of aromatic nitrogens is 2. The minimum absolute atomic E-state index is 0.107. The number of amides is 1. The van der Waals surface area contributed by atoms with Crippen LogP contribution in [-0.4, -0.2) is 64.4 Å². The topological polar surface area (TPSA) is 81.6 Å². The van der Waals surface area contributed by atoms with Crippen molar-refractivity contribution in [2.24, 2.45) is 0 Å². The summed E-state index contributed by atoms with van der Waals surface area (Å²) in [6, 6.07) is 9.57. The largest absolute Gasteiger partial charge is 0.507 e. The summed E-state index contributed by atoms with van der Waals surface area (Å²) in [5, 5.41) is 23.2. The Labute approximate surface area is 190 Å². The number of carbonyl (C=O) groups excluding carboxylic acids is 1. The molecule has 7 nitrogen and oxygen atoms in total. The highest BCUT2D eigenvalue weighted by molar-refractivity contribution is 5.91. The molecule has 2 aliphatic rings. The van der Waals surface area contributed by atoms with Gasteiger partial charge in [-0.2, -0.15) is 0 Å². The number of piperidine rings is 1. The van der Waals surface area contributed by atoms with Crippen LogP contribution in [0, 0.1) is 0 Å². The summed E-state index contributed by atoms with van der Waals surface area (Å²) in [6.07, 6.45) is 7.77. The van der Waals surface area contributed by atoms with E-state index in [0.717, 1.165) is 24.2 Å². The van der Waals surface area contributed by atoms with E-state index in [1.807, 2.05) is 18.2 Å².